The monoisotopic (exact) mass is 344 g/mol. The second-order valence-electron chi connectivity index (χ2n) is 6.41. The molecule has 0 spiro atoms. The highest BCUT2D eigenvalue weighted by molar-refractivity contribution is 5.79. The molecule has 26 heavy (non-hydrogen) atoms. The number of hydrogen-bond acceptors (Lipinski definition) is 4. The highest BCUT2D eigenvalue weighted by Gasteiger charge is 2.31. The summed E-state index contributed by atoms with van der Waals surface area (Å²) in [4.78, 5) is 2.17. The maximum absolute atomic E-state index is 9.99. The summed E-state index contributed by atoms with van der Waals surface area (Å²) in [6, 6.07) is 16.7. The van der Waals surface area contributed by atoms with Crippen LogP contribution in [0.15, 0.2) is 60.3 Å². The fraction of sp³-hybridized carbons (Fsp3) is 0.227. The van der Waals surface area contributed by atoms with Crippen molar-refractivity contribution in [3.05, 3.63) is 77.0 Å². The lowest BCUT2D eigenvalue weighted by Crippen LogP contribution is -2.29. The Balaban J connectivity index is 1.91. The van der Waals surface area contributed by atoms with Gasteiger partial charge in [0.15, 0.2) is 11.5 Å². The Kier molecular flexibility index (Phi) is 4.14. The summed E-state index contributed by atoms with van der Waals surface area (Å²) in [6.07, 6.45) is 5.12. The fourth-order valence-corrected chi connectivity index (χ4v) is 3.80. The lowest BCUT2D eigenvalue weighted by molar-refractivity contribution is 0.353. The molecule has 0 fully saturated rings. The first-order valence-corrected chi connectivity index (χ1v) is 8.66. The van der Waals surface area contributed by atoms with Crippen LogP contribution in [0, 0.1) is 11.3 Å². The van der Waals surface area contributed by atoms with Crippen molar-refractivity contribution < 1.29 is 9.47 Å². The maximum atomic E-state index is 9.99. The first-order valence-electron chi connectivity index (χ1n) is 8.66. The lowest BCUT2D eigenvalue weighted by atomic mass is 9.83. The normalized spacial score (nSPS) is 18.0. The Hall–Kier alpha value is -3.19. The predicted molar refractivity (Wildman–Crippen MR) is 101 cm³/mol. The Morgan fingerprint density at radius 1 is 1.08 bits per heavy atom. The van der Waals surface area contributed by atoms with E-state index in [0.717, 1.165) is 41.1 Å². The average molecular weight is 344 g/mol. The summed E-state index contributed by atoms with van der Waals surface area (Å²) in [6.45, 7) is 0.848. The largest absolute Gasteiger partial charge is 0.493 e. The van der Waals surface area contributed by atoms with Gasteiger partial charge in [-0.15, -0.1) is 0 Å². The molecule has 2 aliphatic rings. The predicted octanol–water partition coefficient (Wildman–Crippen LogP) is 4.11. The third kappa shape index (κ3) is 2.53. The highest BCUT2D eigenvalue weighted by atomic mass is 16.5. The van der Waals surface area contributed by atoms with Crippen molar-refractivity contribution in [2.75, 3.05) is 20.8 Å². The van der Waals surface area contributed by atoms with Gasteiger partial charge in [-0.3, -0.25) is 0 Å². The van der Waals surface area contributed by atoms with Gasteiger partial charge in [0, 0.05) is 24.2 Å². The van der Waals surface area contributed by atoms with Crippen molar-refractivity contribution in [1.29, 1.82) is 5.26 Å². The molecule has 0 amide bonds. The van der Waals surface area contributed by atoms with Crippen LogP contribution in [0.1, 0.15) is 22.6 Å². The van der Waals surface area contributed by atoms with Crippen LogP contribution in [0.2, 0.25) is 0 Å². The molecule has 4 nitrogen and oxygen atoms in total. The first-order chi connectivity index (χ1) is 12.8. The second-order valence-corrected chi connectivity index (χ2v) is 6.41. The van der Waals surface area contributed by atoms with Crippen molar-refractivity contribution in [1.82, 2.24) is 4.90 Å². The molecule has 130 valence electrons. The van der Waals surface area contributed by atoms with Gasteiger partial charge in [0.1, 0.15) is 0 Å². The van der Waals surface area contributed by atoms with E-state index in [9.17, 15) is 5.26 Å². The zero-order valence-electron chi connectivity index (χ0n) is 14.9. The molecule has 2 aromatic carbocycles. The third-order valence-electron chi connectivity index (χ3n) is 5.08. The van der Waals surface area contributed by atoms with Crippen LogP contribution in [0.25, 0.3) is 5.70 Å². The molecule has 4 rings (SSSR count). The number of benzene rings is 2. The minimum absolute atomic E-state index is 0.0357. The average Bonchev–Trinajstić information content (AvgIpc) is 2.72. The lowest BCUT2D eigenvalue weighted by Gasteiger charge is -2.36. The minimum atomic E-state index is -0.0357. The summed E-state index contributed by atoms with van der Waals surface area (Å²) in [5.74, 6) is 1.37. The van der Waals surface area contributed by atoms with E-state index in [1.54, 1.807) is 14.2 Å². The topological polar surface area (TPSA) is 45.5 Å². The molecule has 0 radical (unpaired) electrons. The van der Waals surface area contributed by atoms with Gasteiger partial charge in [0.25, 0.3) is 0 Å². The van der Waals surface area contributed by atoms with E-state index in [-0.39, 0.29) is 5.92 Å². The number of nitriles is 1. The molecular formula is C22H20N2O2. The zero-order chi connectivity index (χ0) is 18.1. The number of ether oxygens (including phenoxy) is 2. The Labute approximate surface area is 153 Å². The fourth-order valence-electron chi connectivity index (χ4n) is 3.80. The van der Waals surface area contributed by atoms with Crippen molar-refractivity contribution in [3.63, 3.8) is 0 Å². The summed E-state index contributed by atoms with van der Waals surface area (Å²) < 4.78 is 10.9. The molecule has 0 aliphatic carbocycles. The molecule has 1 unspecified atom stereocenters. The number of hydrogen-bond donors (Lipinski definition) is 0. The standard InChI is InChI=1S/C22H20N2O2/c1-25-20-12-16-8-10-24-11-9-17(15-6-4-3-5-7-15)19(14-23)22(24)18(16)13-21(20)26-2/h3-7,9,11-13,17H,8,10H2,1-2H3. The molecule has 0 aromatic heterocycles. The van der Waals surface area contributed by atoms with Gasteiger partial charge in [-0.2, -0.15) is 5.26 Å². The number of methoxy groups -OCH3 is 2. The summed E-state index contributed by atoms with van der Waals surface area (Å²) in [5.41, 5.74) is 5.11. The molecule has 0 saturated heterocycles. The zero-order valence-corrected chi connectivity index (χ0v) is 14.9. The van der Waals surface area contributed by atoms with Crippen LogP contribution < -0.4 is 9.47 Å². The van der Waals surface area contributed by atoms with Crippen molar-refractivity contribution >= 4 is 5.70 Å². The van der Waals surface area contributed by atoms with Gasteiger partial charge in [0.2, 0.25) is 0 Å². The van der Waals surface area contributed by atoms with E-state index in [1.807, 2.05) is 30.3 Å². The SMILES string of the molecule is COc1cc2c(cc1OC)C1=C(C#N)C(c3ccccc3)C=CN1CC2. The Bertz CT molecular complexity index is 939. The third-order valence-corrected chi connectivity index (χ3v) is 5.08. The van der Waals surface area contributed by atoms with Gasteiger partial charge < -0.3 is 14.4 Å². The van der Waals surface area contributed by atoms with Gasteiger partial charge >= 0.3 is 0 Å². The first kappa shape index (κ1) is 16.3. The Morgan fingerprint density at radius 2 is 1.81 bits per heavy atom. The van der Waals surface area contributed by atoms with Crippen LogP contribution in [0.4, 0.5) is 0 Å². The van der Waals surface area contributed by atoms with Gasteiger partial charge in [-0.25, -0.2) is 0 Å². The van der Waals surface area contributed by atoms with Crippen LogP contribution >= 0.6 is 0 Å². The summed E-state index contributed by atoms with van der Waals surface area (Å²) >= 11 is 0. The highest BCUT2D eigenvalue weighted by Crippen LogP contribution is 2.43. The summed E-state index contributed by atoms with van der Waals surface area (Å²) in [7, 11) is 3.28. The van der Waals surface area contributed by atoms with E-state index >= 15 is 0 Å². The van der Waals surface area contributed by atoms with E-state index in [2.05, 4.69) is 35.4 Å². The Morgan fingerprint density at radius 3 is 2.50 bits per heavy atom. The van der Waals surface area contributed by atoms with Crippen LogP contribution in [0.5, 0.6) is 11.5 Å². The smallest absolute Gasteiger partial charge is 0.161 e. The number of fused-ring (bicyclic) bond motifs is 3. The molecule has 0 saturated carbocycles. The number of rotatable bonds is 3. The van der Waals surface area contributed by atoms with E-state index in [0.29, 0.717) is 5.75 Å². The second kappa shape index (κ2) is 6.61. The molecule has 1 atom stereocenters. The summed E-state index contributed by atoms with van der Waals surface area (Å²) in [5, 5.41) is 9.99. The van der Waals surface area contributed by atoms with Crippen molar-refractivity contribution in [2.24, 2.45) is 0 Å². The minimum Gasteiger partial charge on any atom is -0.493 e. The van der Waals surface area contributed by atoms with Crippen LogP contribution in [0.3, 0.4) is 0 Å². The van der Waals surface area contributed by atoms with Gasteiger partial charge in [-0.05, 0) is 29.7 Å². The van der Waals surface area contributed by atoms with Gasteiger partial charge in [0.05, 0.1) is 31.6 Å². The number of nitrogens with zero attached hydrogens (tertiary/aromatic N) is 2. The molecule has 2 aliphatic heterocycles. The molecule has 0 bridgehead atoms. The molecular weight excluding hydrogens is 324 g/mol. The molecule has 2 heterocycles. The number of allylic oxidation sites excluding steroid dienone is 2. The molecule has 0 N–H and O–H groups in total. The van der Waals surface area contributed by atoms with Crippen LogP contribution in [-0.2, 0) is 6.42 Å². The molecule has 4 heteroatoms. The maximum Gasteiger partial charge on any atom is 0.161 e. The molecule has 2 aromatic rings. The quantitative estimate of drug-likeness (QED) is 0.841. The van der Waals surface area contributed by atoms with Gasteiger partial charge in [-0.1, -0.05) is 36.4 Å². The van der Waals surface area contributed by atoms with E-state index in [1.165, 1.54) is 5.56 Å². The van der Waals surface area contributed by atoms with E-state index in [4.69, 9.17) is 9.47 Å². The van der Waals surface area contributed by atoms with Crippen molar-refractivity contribution in [3.8, 4) is 17.6 Å². The van der Waals surface area contributed by atoms with Crippen LogP contribution in [-0.4, -0.2) is 25.7 Å². The van der Waals surface area contributed by atoms with E-state index < -0.39 is 0 Å². The van der Waals surface area contributed by atoms with Crippen molar-refractivity contribution in [2.45, 2.75) is 12.3 Å².